The van der Waals surface area contributed by atoms with E-state index in [0.29, 0.717) is 11.8 Å². The van der Waals surface area contributed by atoms with Crippen LogP contribution in [0.3, 0.4) is 0 Å². The molecule has 17 heavy (non-hydrogen) atoms. The van der Waals surface area contributed by atoms with E-state index in [-0.39, 0.29) is 0 Å². The van der Waals surface area contributed by atoms with Gasteiger partial charge < -0.3 is 9.64 Å². The van der Waals surface area contributed by atoms with Gasteiger partial charge in [0.25, 0.3) is 0 Å². The molecule has 1 rings (SSSR count). The normalized spacial score (nSPS) is 12.6. The summed E-state index contributed by atoms with van der Waals surface area (Å²) in [6.45, 7) is 5.54. The van der Waals surface area contributed by atoms with Crippen molar-refractivity contribution >= 4 is 18.3 Å². The summed E-state index contributed by atoms with van der Waals surface area (Å²) in [5.41, 5.74) is 1.22. The van der Waals surface area contributed by atoms with E-state index in [0.717, 1.165) is 18.0 Å². The van der Waals surface area contributed by atoms with Crippen molar-refractivity contribution in [2.24, 2.45) is 11.8 Å². The summed E-state index contributed by atoms with van der Waals surface area (Å²) in [4.78, 5) is 2.28. The van der Waals surface area contributed by atoms with Gasteiger partial charge in [0.05, 0.1) is 7.11 Å². The first-order valence-corrected chi connectivity index (χ1v) is 6.67. The Morgan fingerprint density at radius 3 is 2.24 bits per heavy atom. The molecule has 0 aliphatic carbocycles. The first kappa shape index (κ1) is 14.2. The van der Waals surface area contributed by atoms with Crippen molar-refractivity contribution in [2.75, 3.05) is 31.4 Å². The fraction of sp³-hybridized carbons (Fsp3) is 0.571. The predicted molar refractivity (Wildman–Crippen MR) is 78.4 cm³/mol. The molecule has 1 aromatic rings. The Labute approximate surface area is 110 Å². The highest BCUT2D eigenvalue weighted by Gasteiger charge is 2.14. The predicted octanol–water partition coefficient (Wildman–Crippen LogP) is 3.33. The fourth-order valence-electron chi connectivity index (χ4n) is 1.77. The Bertz CT molecular complexity index is 323. The Balaban J connectivity index is 2.65. The van der Waals surface area contributed by atoms with Gasteiger partial charge >= 0.3 is 0 Å². The van der Waals surface area contributed by atoms with E-state index in [1.807, 2.05) is 12.1 Å². The molecule has 0 saturated carbocycles. The molecule has 96 valence electrons. The Morgan fingerprint density at radius 2 is 1.82 bits per heavy atom. The van der Waals surface area contributed by atoms with Gasteiger partial charge in [-0.25, -0.2) is 0 Å². The van der Waals surface area contributed by atoms with Crippen LogP contribution in [0.25, 0.3) is 0 Å². The number of ether oxygens (including phenoxy) is 1. The average molecular weight is 253 g/mol. The second-order valence-corrected chi connectivity index (χ2v) is 5.13. The largest absolute Gasteiger partial charge is 0.497 e. The smallest absolute Gasteiger partial charge is 0.119 e. The minimum absolute atomic E-state index is 0.616. The molecule has 0 N–H and O–H groups in total. The third kappa shape index (κ3) is 4.15. The first-order chi connectivity index (χ1) is 8.08. The zero-order valence-corrected chi connectivity index (χ0v) is 12.1. The van der Waals surface area contributed by atoms with Gasteiger partial charge in [0.15, 0.2) is 0 Å². The van der Waals surface area contributed by atoms with Crippen molar-refractivity contribution in [2.45, 2.75) is 13.8 Å². The first-order valence-electron chi connectivity index (χ1n) is 6.04. The molecule has 1 aromatic carbocycles. The van der Waals surface area contributed by atoms with Crippen LogP contribution < -0.4 is 9.64 Å². The molecule has 0 aliphatic heterocycles. The van der Waals surface area contributed by atoms with Gasteiger partial charge in [0, 0.05) is 19.3 Å². The minimum Gasteiger partial charge on any atom is -0.497 e. The van der Waals surface area contributed by atoms with Gasteiger partial charge in [0.1, 0.15) is 5.75 Å². The molecular formula is C14H23NOS. The van der Waals surface area contributed by atoms with E-state index in [1.54, 1.807) is 7.11 Å². The minimum atomic E-state index is 0.616. The van der Waals surface area contributed by atoms with E-state index < -0.39 is 0 Å². The number of methoxy groups -OCH3 is 1. The zero-order chi connectivity index (χ0) is 12.8. The van der Waals surface area contributed by atoms with E-state index in [9.17, 15) is 0 Å². The summed E-state index contributed by atoms with van der Waals surface area (Å²) in [7, 11) is 3.81. The van der Waals surface area contributed by atoms with Crippen molar-refractivity contribution in [1.82, 2.24) is 0 Å². The number of thiol groups is 1. The van der Waals surface area contributed by atoms with Crippen LogP contribution in [0.2, 0.25) is 0 Å². The lowest BCUT2D eigenvalue weighted by atomic mass is 9.97. The summed E-state index contributed by atoms with van der Waals surface area (Å²) in [6, 6.07) is 8.18. The molecular weight excluding hydrogens is 230 g/mol. The number of benzene rings is 1. The summed E-state index contributed by atoms with van der Waals surface area (Å²) in [6.07, 6.45) is 0. The van der Waals surface area contributed by atoms with E-state index in [1.165, 1.54) is 5.69 Å². The Hall–Kier alpha value is -0.830. The SMILES string of the molecule is COc1ccc(N(C)CC(CS)C(C)C)cc1. The maximum atomic E-state index is 5.16. The molecule has 0 spiro atoms. The zero-order valence-electron chi connectivity index (χ0n) is 11.2. The third-order valence-corrected chi connectivity index (χ3v) is 3.67. The van der Waals surface area contributed by atoms with E-state index >= 15 is 0 Å². The van der Waals surface area contributed by atoms with E-state index in [4.69, 9.17) is 4.74 Å². The van der Waals surface area contributed by atoms with Gasteiger partial charge in [-0.05, 0) is 41.9 Å². The van der Waals surface area contributed by atoms with Crippen molar-refractivity contribution in [1.29, 1.82) is 0 Å². The lowest BCUT2D eigenvalue weighted by molar-refractivity contribution is 0.414. The van der Waals surface area contributed by atoms with Gasteiger partial charge in [-0.3, -0.25) is 0 Å². The fourth-order valence-corrected chi connectivity index (χ4v) is 2.31. The van der Waals surface area contributed by atoms with Crippen LogP contribution >= 0.6 is 12.6 Å². The maximum absolute atomic E-state index is 5.16. The van der Waals surface area contributed by atoms with Crippen LogP contribution in [-0.4, -0.2) is 26.5 Å². The molecule has 0 heterocycles. The molecule has 1 unspecified atom stereocenters. The lowest BCUT2D eigenvalue weighted by Gasteiger charge is -2.27. The van der Waals surface area contributed by atoms with Crippen LogP contribution in [0.4, 0.5) is 5.69 Å². The number of anilines is 1. The molecule has 0 saturated heterocycles. The van der Waals surface area contributed by atoms with Gasteiger partial charge in [0.2, 0.25) is 0 Å². The topological polar surface area (TPSA) is 12.5 Å². The molecule has 1 atom stereocenters. The molecule has 2 nitrogen and oxygen atoms in total. The van der Waals surface area contributed by atoms with Gasteiger partial charge in [-0.1, -0.05) is 13.8 Å². The van der Waals surface area contributed by atoms with Crippen molar-refractivity contribution in [3.05, 3.63) is 24.3 Å². The Kier molecular flexibility index (Phi) is 5.69. The van der Waals surface area contributed by atoms with Gasteiger partial charge in [-0.15, -0.1) is 0 Å². The lowest BCUT2D eigenvalue weighted by Crippen LogP contribution is -2.29. The number of rotatable bonds is 6. The molecule has 0 aromatic heterocycles. The highest BCUT2D eigenvalue weighted by Crippen LogP contribution is 2.21. The van der Waals surface area contributed by atoms with Crippen LogP contribution in [0.5, 0.6) is 5.75 Å². The van der Waals surface area contributed by atoms with Crippen LogP contribution in [-0.2, 0) is 0 Å². The van der Waals surface area contributed by atoms with Crippen LogP contribution in [0, 0.1) is 11.8 Å². The number of hydrogen-bond donors (Lipinski definition) is 1. The molecule has 0 amide bonds. The molecule has 0 fully saturated rings. The number of nitrogens with zero attached hydrogens (tertiary/aromatic N) is 1. The van der Waals surface area contributed by atoms with Gasteiger partial charge in [-0.2, -0.15) is 12.6 Å². The summed E-state index contributed by atoms with van der Waals surface area (Å²) in [5, 5.41) is 0. The second kappa shape index (κ2) is 6.80. The van der Waals surface area contributed by atoms with Crippen LogP contribution in [0.15, 0.2) is 24.3 Å². The molecule has 0 bridgehead atoms. The summed E-state index contributed by atoms with van der Waals surface area (Å²) < 4.78 is 5.16. The monoisotopic (exact) mass is 253 g/mol. The summed E-state index contributed by atoms with van der Waals surface area (Å²) in [5.74, 6) is 3.11. The second-order valence-electron chi connectivity index (χ2n) is 4.77. The van der Waals surface area contributed by atoms with E-state index in [2.05, 4.69) is 50.6 Å². The molecule has 3 heteroatoms. The van der Waals surface area contributed by atoms with Crippen LogP contribution in [0.1, 0.15) is 13.8 Å². The quantitative estimate of drug-likeness (QED) is 0.781. The third-order valence-electron chi connectivity index (χ3n) is 3.20. The van der Waals surface area contributed by atoms with Crippen molar-refractivity contribution in [3.8, 4) is 5.75 Å². The molecule has 0 aliphatic rings. The number of hydrogen-bond acceptors (Lipinski definition) is 3. The standard InChI is InChI=1S/C14H23NOS/c1-11(2)12(10-17)9-15(3)13-5-7-14(16-4)8-6-13/h5-8,11-12,17H,9-10H2,1-4H3. The highest BCUT2D eigenvalue weighted by atomic mass is 32.1. The average Bonchev–Trinajstić information content (AvgIpc) is 2.35. The Morgan fingerprint density at radius 1 is 1.24 bits per heavy atom. The molecule has 0 radical (unpaired) electrons. The maximum Gasteiger partial charge on any atom is 0.119 e. The summed E-state index contributed by atoms with van der Waals surface area (Å²) >= 11 is 4.43. The highest BCUT2D eigenvalue weighted by molar-refractivity contribution is 7.80. The van der Waals surface area contributed by atoms with Crippen molar-refractivity contribution < 1.29 is 4.74 Å². The van der Waals surface area contributed by atoms with Crippen molar-refractivity contribution in [3.63, 3.8) is 0 Å².